The van der Waals surface area contributed by atoms with Crippen LogP contribution in [0.3, 0.4) is 0 Å². The first kappa shape index (κ1) is 30.2. The Morgan fingerprint density at radius 3 is 2.05 bits per heavy atom. The van der Waals surface area contributed by atoms with Crippen molar-refractivity contribution in [3.05, 3.63) is 64.2 Å². The average Bonchev–Trinajstić information content (AvgIpc) is 2.77. The summed E-state index contributed by atoms with van der Waals surface area (Å²) in [6.45, 7) is 16.7. The van der Waals surface area contributed by atoms with Gasteiger partial charge in [-0.1, -0.05) is 42.0 Å². The van der Waals surface area contributed by atoms with Gasteiger partial charge >= 0.3 is 6.09 Å². The maximum absolute atomic E-state index is 14.0. The van der Waals surface area contributed by atoms with E-state index >= 15 is 0 Å². The fraction of sp³-hybridized carbons (Fsp3) is 0.483. The number of carbonyl (C=O) groups excluding carboxylic acids is 3. The Morgan fingerprint density at radius 1 is 0.973 bits per heavy atom. The van der Waals surface area contributed by atoms with E-state index in [4.69, 9.17) is 4.74 Å². The Morgan fingerprint density at radius 2 is 1.57 bits per heavy atom. The summed E-state index contributed by atoms with van der Waals surface area (Å²) in [5.41, 5.74) is 4.51. The summed E-state index contributed by atoms with van der Waals surface area (Å²) in [5.74, 6) is -0.710. The topological polar surface area (TPSA) is 87.7 Å². The molecule has 0 radical (unpaired) electrons. The molecule has 0 fully saturated rings. The molecule has 0 aliphatic carbocycles. The minimum absolute atomic E-state index is 0.0411. The summed E-state index contributed by atoms with van der Waals surface area (Å²) >= 11 is 4.33. The Hall–Kier alpha value is -3.00. The van der Waals surface area contributed by atoms with Crippen LogP contribution in [0, 0.1) is 27.7 Å². The van der Waals surface area contributed by atoms with Crippen LogP contribution in [0.15, 0.2) is 36.4 Å². The molecule has 0 saturated heterocycles. The molecule has 0 aliphatic heterocycles. The Balaban J connectivity index is 2.56. The summed E-state index contributed by atoms with van der Waals surface area (Å²) in [5, 5.41) is 5.71. The predicted octanol–water partition coefficient (Wildman–Crippen LogP) is 5.66. The van der Waals surface area contributed by atoms with Crippen molar-refractivity contribution in [1.82, 2.24) is 10.2 Å². The van der Waals surface area contributed by atoms with Crippen LogP contribution in [0.4, 0.5) is 10.5 Å². The van der Waals surface area contributed by atoms with E-state index in [1.807, 2.05) is 77.9 Å². The maximum Gasteiger partial charge on any atom is 0.408 e. The molecule has 2 aromatic rings. The van der Waals surface area contributed by atoms with E-state index in [9.17, 15) is 14.4 Å². The predicted molar refractivity (Wildman–Crippen MR) is 152 cm³/mol. The summed E-state index contributed by atoms with van der Waals surface area (Å²) in [4.78, 5) is 41.9. The number of hydrogen-bond donors (Lipinski definition) is 3. The standard InChI is InChI=1S/C29H41N3O4S/c1-17(2)32(27(34)23(16-37)30-28(35)36-29(7,8)9)25(22-14-13-18(3)15-21(22)6)26(33)31-24-19(4)11-10-12-20(24)5/h10-15,17,23,25,37H,16H2,1-9H3,(H,30,35)(H,31,33). The van der Waals surface area contributed by atoms with Crippen molar-refractivity contribution in [1.29, 1.82) is 0 Å². The van der Waals surface area contributed by atoms with Crippen LogP contribution in [-0.4, -0.2) is 46.2 Å². The van der Waals surface area contributed by atoms with Crippen molar-refractivity contribution in [3.63, 3.8) is 0 Å². The normalized spacial score (nSPS) is 13.1. The molecule has 7 nitrogen and oxygen atoms in total. The minimum atomic E-state index is -0.984. The Labute approximate surface area is 226 Å². The van der Waals surface area contributed by atoms with Gasteiger partial charge in [-0.2, -0.15) is 12.6 Å². The third kappa shape index (κ3) is 7.99. The largest absolute Gasteiger partial charge is 0.444 e. The van der Waals surface area contributed by atoms with Crippen molar-refractivity contribution in [2.75, 3.05) is 11.1 Å². The van der Waals surface area contributed by atoms with Crippen molar-refractivity contribution >= 4 is 36.2 Å². The highest BCUT2D eigenvalue weighted by molar-refractivity contribution is 7.80. The first-order valence-corrected chi connectivity index (χ1v) is 13.2. The molecule has 3 amide bonds. The molecule has 2 N–H and O–H groups in total. The molecule has 202 valence electrons. The first-order valence-electron chi connectivity index (χ1n) is 12.5. The minimum Gasteiger partial charge on any atom is -0.444 e. The molecular formula is C29H41N3O4S. The van der Waals surface area contributed by atoms with Crippen molar-refractivity contribution < 1.29 is 19.1 Å². The van der Waals surface area contributed by atoms with Gasteiger partial charge in [0.1, 0.15) is 17.7 Å². The lowest BCUT2D eigenvalue weighted by Gasteiger charge is -2.37. The summed E-state index contributed by atoms with van der Waals surface area (Å²) < 4.78 is 5.36. The van der Waals surface area contributed by atoms with Crippen molar-refractivity contribution in [2.45, 2.75) is 86.0 Å². The van der Waals surface area contributed by atoms with E-state index < -0.39 is 29.7 Å². The number of nitrogens with one attached hydrogen (secondary N) is 2. The number of carbonyl (C=O) groups is 3. The molecule has 2 aromatic carbocycles. The number of ether oxygens (including phenoxy) is 1. The summed E-state index contributed by atoms with van der Waals surface area (Å²) in [6.07, 6.45) is -0.716. The van der Waals surface area contributed by atoms with Crippen LogP contribution in [0.5, 0.6) is 0 Å². The summed E-state index contributed by atoms with van der Waals surface area (Å²) in [6, 6.07) is 9.34. The van der Waals surface area contributed by atoms with Gasteiger partial charge in [0.25, 0.3) is 5.91 Å². The number of benzene rings is 2. The number of amides is 3. The van der Waals surface area contributed by atoms with Crippen LogP contribution < -0.4 is 10.6 Å². The zero-order valence-electron chi connectivity index (χ0n) is 23.4. The number of rotatable bonds is 8. The van der Waals surface area contributed by atoms with Gasteiger partial charge in [0.05, 0.1) is 0 Å². The molecule has 0 aromatic heterocycles. The van der Waals surface area contributed by atoms with Crippen LogP contribution >= 0.6 is 12.6 Å². The van der Waals surface area contributed by atoms with Gasteiger partial charge in [-0.05, 0) is 84.6 Å². The number of thiol groups is 1. The fourth-order valence-corrected chi connectivity index (χ4v) is 4.50. The average molecular weight is 528 g/mol. The van der Waals surface area contributed by atoms with Crippen LogP contribution in [0.2, 0.25) is 0 Å². The number of alkyl carbamates (subject to hydrolysis) is 1. The Bertz CT molecular complexity index is 1120. The molecule has 0 saturated carbocycles. The molecule has 0 spiro atoms. The second-order valence-corrected chi connectivity index (χ2v) is 11.1. The smallest absolute Gasteiger partial charge is 0.408 e. The van der Waals surface area contributed by atoms with Crippen LogP contribution in [-0.2, 0) is 14.3 Å². The monoisotopic (exact) mass is 527 g/mol. The molecule has 2 unspecified atom stereocenters. The van der Waals surface area contributed by atoms with Gasteiger partial charge in [-0.25, -0.2) is 4.79 Å². The van der Waals surface area contributed by atoms with Gasteiger partial charge < -0.3 is 20.3 Å². The molecule has 0 heterocycles. The zero-order chi connectivity index (χ0) is 28.1. The Kier molecular flexibility index (Phi) is 10.2. The lowest BCUT2D eigenvalue weighted by atomic mass is 9.95. The second-order valence-electron chi connectivity index (χ2n) is 10.7. The number of hydrogen-bond acceptors (Lipinski definition) is 5. The zero-order valence-corrected chi connectivity index (χ0v) is 24.3. The van der Waals surface area contributed by atoms with E-state index in [1.54, 1.807) is 20.8 Å². The number of para-hydroxylation sites is 1. The van der Waals surface area contributed by atoms with Gasteiger partial charge in [0.15, 0.2) is 0 Å². The lowest BCUT2D eigenvalue weighted by Crippen LogP contribution is -2.55. The fourth-order valence-electron chi connectivity index (χ4n) is 4.25. The molecule has 8 heteroatoms. The molecule has 2 atom stereocenters. The van der Waals surface area contributed by atoms with E-state index in [0.29, 0.717) is 5.56 Å². The SMILES string of the molecule is Cc1ccc(C(C(=O)Nc2c(C)cccc2C)N(C(=O)C(CS)NC(=O)OC(C)(C)C)C(C)C)c(C)c1. The highest BCUT2D eigenvalue weighted by atomic mass is 32.1. The second kappa shape index (κ2) is 12.5. The van der Waals surface area contributed by atoms with E-state index in [-0.39, 0.29) is 17.7 Å². The van der Waals surface area contributed by atoms with Gasteiger partial charge in [0, 0.05) is 17.5 Å². The van der Waals surface area contributed by atoms with Crippen LogP contribution in [0.25, 0.3) is 0 Å². The first-order chi connectivity index (χ1) is 17.2. The van der Waals surface area contributed by atoms with E-state index in [2.05, 4.69) is 23.3 Å². The third-order valence-electron chi connectivity index (χ3n) is 5.96. The highest BCUT2D eigenvalue weighted by Crippen LogP contribution is 2.30. The molecule has 0 bridgehead atoms. The van der Waals surface area contributed by atoms with E-state index in [1.165, 1.54) is 4.90 Å². The van der Waals surface area contributed by atoms with Gasteiger partial charge in [-0.3, -0.25) is 9.59 Å². The number of nitrogens with zero attached hydrogens (tertiary/aromatic N) is 1. The molecule has 0 aliphatic rings. The molecule has 2 rings (SSSR count). The third-order valence-corrected chi connectivity index (χ3v) is 6.32. The van der Waals surface area contributed by atoms with Gasteiger partial charge in [0.2, 0.25) is 5.91 Å². The van der Waals surface area contributed by atoms with Crippen molar-refractivity contribution in [2.24, 2.45) is 0 Å². The van der Waals surface area contributed by atoms with E-state index in [0.717, 1.165) is 27.9 Å². The van der Waals surface area contributed by atoms with Gasteiger partial charge in [-0.15, -0.1) is 0 Å². The van der Waals surface area contributed by atoms with Crippen molar-refractivity contribution in [3.8, 4) is 0 Å². The number of anilines is 1. The molecule has 37 heavy (non-hydrogen) atoms. The molecular weight excluding hydrogens is 486 g/mol. The van der Waals surface area contributed by atoms with Crippen LogP contribution in [0.1, 0.15) is 68.5 Å². The number of aryl methyl sites for hydroxylation is 4. The summed E-state index contributed by atoms with van der Waals surface area (Å²) in [7, 11) is 0. The highest BCUT2D eigenvalue weighted by Gasteiger charge is 2.38. The lowest BCUT2D eigenvalue weighted by molar-refractivity contribution is -0.142. The quantitative estimate of drug-likeness (QED) is 0.387. The maximum atomic E-state index is 14.0.